The van der Waals surface area contributed by atoms with E-state index in [-0.39, 0.29) is 12.0 Å². The molecular formula is C12H16O4. The van der Waals surface area contributed by atoms with E-state index >= 15 is 0 Å². The van der Waals surface area contributed by atoms with Gasteiger partial charge in [-0.25, -0.2) is 4.79 Å². The van der Waals surface area contributed by atoms with Crippen LogP contribution in [-0.4, -0.2) is 22.8 Å². The van der Waals surface area contributed by atoms with Gasteiger partial charge in [0.2, 0.25) is 5.60 Å². The van der Waals surface area contributed by atoms with E-state index in [1.807, 2.05) is 12.2 Å². The second kappa shape index (κ2) is 4.20. The van der Waals surface area contributed by atoms with Crippen LogP contribution in [0, 0.1) is 5.92 Å². The van der Waals surface area contributed by atoms with E-state index in [2.05, 4.69) is 0 Å². The molecule has 0 spiro atoms. The summed E-state index contributed by atoms with van der Waals surface area (Å²) in [4.78, 5) is 11.3. The SMILES string of the molecule is CC1(C(=O)O)OC=CCC1C1CCC=CO1. The van der Waals surface area contributed by atoms with E-state index in [4.69, 9.17) is 9.47 Å². The minimum atomic E-state index is -1.18. The maximum Gasteiger partial charge on any atom is 0.348 e. The average molecular weight is 224 g/mol. The fourth-order valence-electron chi connectivity index (χ4n) is 2.27. The molecule has 88 valence electrons. The van der Waals surface area contributed by atoms with E-state index in [9.17, 15) is 9.90 Å². The number of aliphatic carboxylic acids is 1. The Morgan fingerprint density at radius 3 is 2.88 bits per heavy atom. The van der Waals surface area contributed by atoms with Crippen molar-refractivity contribution in [3.63, 3.8) is 0 Å². The monoisotopic (exact) mass is 224 g/mol. The van der Waals surface area contributed by atoms with E-state index in [1.165, 1.54) is 6.26 Å². The standard InChI is InChI=1S/C12H16O4/c1-12(11(13)14)9(5-4-8-16-12)10-6-2-3-7-15-10/h3-4,7-10H,2,5-6H2,1H3,(H,13,14). The minimum Gasteiger partial charge on any atom is -0.498 e. The third kappa shape index (κ3) is 1.79. The van der Waals surface area contributed by atoms with Gasteiger partial charge in [0.15, 0.2) is 0 Å². The van der Waals surface area contributed by atoms with Gasteiger partial charge < -0.3 is 14.6 Å². The summed E-state index contributed by atoms with van der Waals surface area (Å²) in [6.07, 6.45) is 9.34. The molecule has 0 fully saturated rings. The predicted octanol–water partition coefficient (Wildman–Crippen LogP) is 2.07. The van der Waals surface area contributed by atoms with Gasteiger partial charge in [-0.05, 0) is 38.3 Å². The number of carboxylic acid groups (broad SMARTS) is 1. The first-order valence-corrected chi connectivity index (χ1v) is 5.51. The molecule has 0 aromatic carbocycles. The number of hydrogen-bond donors (Lipinski definition) is 1. The van der Waals surface area contributed by atoms with Crippen molar-refractivity contribution in [1.29, 1.82) is 0 Å². The van der Waals surface area contributed by atoms with Gasteiger partial charge in [-0.15, -0.1) is 0 Å². The Hall–Kier alpha value is -1.45. The summed E-state index contributed by atoms with van der Waals surface area (Å²) in [6.45, 7) is 1.62. The summed E-state index contributed by atoms with van der Waals surface area (Å²) in [6, 6.07) is 0. The lowest BCUT2D eigenvalue weighted by Crippen LogP contribution is -2.51. The number of allylic oxidation sites excluding steroid dienone is 2. The third-order valence-electron chi connectivity index (χ3n) is 3.35. The quantitative estimate of drug-likeness (QED) is 0.780. The fourth-order valence-corrected chi connectivity index (χ4v) is 2.27. The summed E-state index contributed by atoms with van der Waals surface area (Å²) < 4.78 is 10.8. The van der Waals surface area contributed by atoms with Crippen LogP contribution < -0.4 is 0 Å². The molecule has 0 saturated carbocycles. The Kier molecular flexibility index (Phi) is 2.90. The number of ether oxygens (including phenoxy) is 2. The third-order valence-corrected chi connectivity index (χ3v) is 3.35. The summed E-state index contributed by atoms with van der Waals surface area (Å²) in [5.74, 6) is -1.07. The van der Waals surface area contributed by atoms with Crippen molar-refractivity contribution >= 4 is 5.97 Å². The molecule has 2 aliphatic rings. The number of carbonyl (C=O) groups is 1. The zero-order valence-corrected chi connectivity index (χ0v) is 9.26. The van der Waals surface area contributed by atoms with Crippen molar-refractivity contribution in [3.8, 4) is 0 Å². The molecule has 0 aromatic heterocycles. The highest BCUT2D eigenvalue weighted by Crippen LogP contribution is 2.36. The molecule has 2 heterocycles. The molecule has 4 heteroatoms. The lowest BCUT2D eigenvalue weighted by Gasteiger charge is -2.40. The Labute approximate surface area is 94.5 Å². The van der Waals surface area contributed by atoms with Crippen LogP contribution in [0.1, 0.15) is 26.2 Å². The molecule has 0 aliphatic carbocycles. The molecule has 0 amide bonds. The molecule has 0 radical (unpaired) electrons. The smallest absolute Gasteiger partial charge is 0.348 e. The van der Waals surface area contributed by atoms with Crippen LogP contribution in [0.5, 0.6) is 0 Å². The zero-order chi connectivity index (χ0) is 11.6. The van der Waals surface area contributed by atoms with Gasteiger partial charge in [0.1, 0.15) is 6.10 Å². The molecule has 2 rings (SSSR count). The maximum absolute atomic E-state index is 11.3. The van der Waals surface area contributed by atoms with Crippen molar-refractivity contribution in [2.45, 2.75) is 37.9 Å². The van der Waals surface area contributed by atoms with E-state index in [0.29, 0.717) is 6.42 Å². The maximum atomic E-state index is 11.3. The van der Waals surface area contributed by atoms with Crippen LogP contribution >= 0.6 is 0 Å². The lowest BCUT2D eigenvalue weighted by atomic mass is 9.79. The number of carboxylic acids is 1. The summed E-state index contributed by atoms with van der Waals surface area (Å²) in [5.41, 5.74) is -1.18. The summed E-state index contributed by atoms with van der Waals surface area (Å²) in [7, 11) is 0. The van der Waals surface area contributed by atoms with E-state index < -0.39 is 11.6 Å². The largest absolute Gasteiger partial charge is 0.498 e. The number of hydrogen-bond acceptors (Lipinski definition) is 3. The fraction of sp³-hybridized carbons (Fsp3) is 0.583. The number of rotatable bonds is 2. The summed E-state index contributed by atoms with van der Waals surface area (Å²) in [5, 5.41) is 9.27. The molecule has 16 heavy (non-hydrogen) atoms. The highest BCUT2D eigenvalue weighted by Gasteiger charge is 2.48. The van der Waals surface area contributed by atoms with Crippen LogP contribution in [0.3, 0.4) is 0 Å². The molecule has 1 N–H and O–H groups in total. The molecule has 4 nitrogen and oxygen atoms in total. The topological polar surface area (TPSA) is 55.8 Å². The average Bonchev–Trinajstić information content (AvgIpc) is 2.30. The highest BCUT2D eigenvalue weighted by molar-refractivity contribution is 5.77. The lowest BCUT2D eigenvalue weighted by molar-refractivity contribution is -0.171. The van der Waals surface area contributed by atoms with Crippen molar-refractivity contribution in [3.05, 3.63) is 24.7 Å². The molecular weight excluding hydrogens is 208 g/mol. The van der Waals surface area contributed by atoms with Gasteiger partial charge in [0.25, 0.3) is 0 Å². The Bertz CT molecular complexity index is 334. The molecule has 3 atom stereocenters. The van der Waals surface area contributed by atoms with Crippen molar-refractivity contribution in [2.24, 2.45) is 5.92 Å². The van der Waals surface area contributed by atoms with Gasteiger partial charge >= 0.3 is 5.97 Å². The molecule has 0 aromatic rings. The second-order valence-electron chi connectivity index (χ2n) is 4.37. The van der Waals surface area contributed by atoms with E-state index in [0.717, 1.165) is 12.8 Å². The van der Waals surface area contributed by atoms with Gasteiger partial charge in [0.05, 0.1) is 12.5 Å². The van der Waals surface area contributed by atoms with Crippen molar-refractivity contribution in [2.75, 3.05) is 0 Å². The second-order valence-corrected chi connectivity index (χ2v) is 4.37. The normalized spacial score (nSPS) is 37.6. The molecule has 0 saturated heterocycles. The van der Waals surface area contributed by atoms with E-state index in [1.54, 1.807) is 13.2 Å². The van der Waals surface area contributed by atoms with Gasteiger partial charge in [0, 0.05) is 5.92 Å². The van der Waals surface area contributed by atoms with Crippen LogP contribution in [-0.2, 0) is 14.3 Å². The van der Waals surface area contributed by atoms with Crippen LogP contribution in [0.4, 0.5) is 0 Å². The Morgan fingerprint density at radius 1 is 1.44 bits per heavy atom. The predicted molar refractivity (Wildman–Crippen MR) is 57.6 cm³/mol. The Balaban J connectivity index is 2.20. The molecule has 3 unspecified atom stereocenters. The minimum absolute atomic E-state index is 0.0731. The van der Waals surface area contributed by atoms with Crippen LogP contribution in [0.2, 0.25) is 0 Å². The zero-order valence-electron chi connectivity index (χ0n) is 9.26. The van der Waals surface area contributed by atoms with Crippen LogP contribution in [0.15, 0.2) is 24.7 Å². The first-order chi connectivity index (χ1) is 7.64. The highest BCUT2D eigenvalue weighted by atomic mass is 16.5. The summed E-state index contributed by atoms with van der Waals surface area (Å²) >= 11 is 0. The first-order valence-electron chi connectivity index (χ1n) is 5.51. The van der Waals surface area contributed by atoms with Crippen LogP contribution in [0.25, 0.3) is 0 Å². The van der Waals surface area contributed by atoms with Crippen molar-refractivity contribution in [1.82, 2.24) is 0 Å². The first kappa shape index (κ1) is 11.0. The van der Waals surface area contributed by atoms with Gasteiger partial charge in [-0.2, -0.15) is 0 Å². The van der Waals surface area contributed by atoms with Gasteiger partial charge in [-0.1, -0.05) is 0 Å². The van der Waals surface area contributed by atoms with Gasteiger partial charge in [-0.3, -0.25) is 0 Å². The van der Waals surface area contributed by atoms with Crippen molar-refractivity contribution < 1.29 is 19.4 Å². The molecule has 0 bridgehead atoms. The molecule has 2 aliphatic heterocycles. The Morgan fingerprint density at radius 2 is 2.25 bits per heavy atom.